The summed E-state index contributed by atoms with van der Waals surface area (Å²) in [5, 5.41) is 7.56. The first-order valence-electron chi connectivity index (χ1n) is 6.00. The Hall–Kier alpha value is -1.16. The summed E-state index contributed by atoms with van der Waals surface area (Å²) in [6.07, 6.45) is 6.90. The van der Waals surface area contributed by atoms with Crippen LogP contribution in [0.3, 0.4) is 0 Å². The predicted molar refractivity (Wildman–Crippen MR) is 62.2 cm³/mol. The second-order valence-electron chi connectivity index (χ2n) is 4.48. The van der Waals surface area contributed by atoms with Gasteiger partial charge in [0.2, 0.25) is 0 Å². The number of hydrogen-bond acceptors (Lipinski definition) is 3. The van der Waals surface area contributed by atoms with Crippen LogP contribution in [0, 0.1) is 0 Å². The number of carbonyl (C=O) groups is 1. The van der Waals surface area contributed by atoms with Gasteiger partial charge in [-0.3, -0.25) is 9.48 Å². The number of aryl methyl sites for hydroxylation is 1. The van der Waals surface area contributed by atoms with Crippen molar-refractivity contribution in [1.29, 1.82) is 0 Å². The van der Waals surface area contributed by atoms with E-state index in [1.54, 1.807) is 4.68 Å². The fourth-order valence-electron chi connectivity index (χ4n) is 2.16. The SMILES string of the molecule is Cn1ccc(CC(=O)C2CCCCCN2)n1. The third kappa shape index (κ3) is 2.92. The molecule has 16 heavy (non-hydrogen) atoms. The van der Waals surface area contributed by atoms with E-state index in [1.807, 2.05) is 19.3 Å². The molecule has 4 heteroatoms. The highest BCUT2D eigenvalue weighted by molar-refractivity contribution is 5.85. The van der Waals surface area contributed by atoms with Crippen molar-refractivity contribution >= 4 is 5.78 Å². The van der Waals surface area contributed by atoms with Crippen LogP contribution in [-0.4, -0.2) is 28.2 Å². The molecule has 1 N–H and O–H groups in total. The zero-order valence-corrected chi connectivity index (χ0v) is 9.78. The number of aromatic nitrogens is 2. The van der Waals surface area contributed by atoms with Gasteiger partial charge < -0.3 is 5.32 Å². The fourth-order valence-corrected chi connectivity index (χ4v) is 2.16. The first kappa shape index (κ1) is 11.3. The average Bonchev–Trinajstić information content (AvgIpc) is 2.56. The molecule has 0 amide bonds. The molecule has 4 nitrogen and oxygen atoms in total. The molecular weight excluding hydrogens is 202 g/mol. The van der Waals surface area contributed by atoms with E-state index in [2.05, 4.69) is 10.4 Å². The van der Waals surface area contributed by atoms with Gasteiger partial charge in [0.15, 0.2) is 5.78 Å². The standard InChI is InChI=1S/C12H19N3O/c1-15-8-6-10(14-15)9-12(16)11-5-3-2-4-7-13-11/h6,8,11,13H,2-5,7,9H2,1H3. The lowest BCUT2D eigenvalue weighted by atomic mass is 10.0. The van der Waals surface area contributed by atoms with Crippen LogP contribution in [-0.2, 0) is 18.3 Å². The molecule has 0 bridgehead atoms. The van der Waals surface area contributed by atoms with Gasteiger partial charge >= 0.3 is 0 Å². The molecule has 1 aliphatic heterocycles. The summed E-state index contributed by atoms with van der Waals surface area (Å²) < 4.78 is 1.74. The molecule has 1 unspecified atom stereocenters. The van der Waals surface area contributed by atoms with E-state index in [1.165, 1.54) is 12.8 Å². The fraction of sp³-hybridized carbons (Fsp3) is 0.667. The van der Waals surface area contributed by atoms with Gasteiger partial charge in [-0.2, -0.15) is 5.10 Å². The summed E-state index contributed by atoms with van der Waals surface area (Å²) in [6.45, 7) is 0.971. The number of ketones is 1. The van der Waals surface area contributed by atoms with E-state index in [4.69, 9.17) is 0 Å². The van der Waals surface area contributed by atoms with Gasteiger partial charge in [-0.15, -0.1) is 0 Å². The monoisotopic (exact) mass is 221 g/mol. The van der Waals surface area contributed by atoms with Crippen LogP contribution in [0.25, 0.3) is 0 Å². The van der Waals surface area contributed by atoms with E-state index in [9.17, 15) is 4.79 Å². The second kappa shape index (κ2) is 5.25. The Labute approximate surface area is 96.0 Å². The third-order valence-corrected chi connectivity index (χ3v) is 3.07. The Morgan fingerprint density at radius 1 is 1.56 bits per heavy atom. The predicted octanol–water partition coefficient (Wildman–Crippen LogP) is 1.06. The first-order chi connectivity index (χ1) is 7.75. The summed E-state index contributed by atoms with van der Waals surface area (Å²) >= 11 is 0. The number of rotatable bonds is 3. The quantitative estimate of drug-likeness (QED) is 0.830. The van der Waals surface area contributed by atoms with Crippen LogP contribution in [0.1, 0.15) is 31.4 Å². The van der Waals surface area contributed by atoms with Crippen LogP contribution in [0.2, 0.25) is 0 Å². The zero-order valence-electron chi connectivity index (χ0n) is 9.78. The molecule has 0 radical (unpaired) electrons. The molecule has 0 spiro atoms. The van der Waals surface area contributed by atoms with Gasteiger partial charge in [-0.1, -0.05) is 12.8 Å². The van der Waals surface area contributed by atoms with Crippen LogP contribution >= 0.6 is 0 Å². The summed E-state index contributed by atoms with van der Waals surface area (Å²) in [5.41, 5.74) is 0.874. The number of hydrogen-bond donors (Lipinski definition) is 1. The molecule has 2 rings (SSSR count). The minimum Gasteiger partial charge on any atom is -0.307 e. The third-order valence-electron chi connectivity index (χ3n) is 3.07. The minimum atomic E-state index is 0.0458. The molecule has 0 aliphatic carbocycles. The van der Waals surface area contributed by atoms with E-state index < -0.39 is 0 Å². The molecule has 1 aromatic heterocycles. The molecule has 1 aliphatic rings. The summed E-state index contributed by atoms with van der Waals surface area (Å²) in [5.74, 6) is 0.278. The Kier molecular flexibility index (Phi) is 3.72. The molecule has 0 saturated carbocycles. The molecule has 0 aromatic carbocycles. The molecule has 88 valence electrons. The van der Waals surface area contributed by atoms with Crippen molar-refractivity contribution in [3.8, 4) is 0 Å². The van der Waals surface area contributed by atoms with Gasteiger partial charge in [0, 0.05) is 13.2 Å². The normalized spacial score (nSPS) is 21.7. The highest BCUT2D eigenvalue weighted by atomic mass is 16.1. The van der Waals surface area contributed by atoms with Gasteiger partial charge in [0.05, 0.1) is 18.2 Å². The maximum atomic E-state index is 12.0. The largest absolute Gasteiger partial charge is 0.307 e. The first-order valence-corrected chi connectivity index (χ1v) is 6.00. The van der Waals surface area contributed by atoms with Crippen molar-refractivity contribution in [3.05, 3.63) is 18.0 Å². The Bertz CT molecular complexity index is 351. The topological polar surface area (TPSA) is 46.9 Å². The maximum Gasteiger partial charge on any atom is 0.155 e. The van der Waals surface area contributed by atoms with E-state index >= 15 is 0 Å². The summed E-state index contributed by atoms with van der Waals surface area (Å²) in [4.78, 5) is 12.0. The number of nitrogens with zero attached hydrogens (tertiary/aromatic N) is 2. The van der Waals surface area contributed by atoms with Crippen LogP contribution in [0.4, 0.5) is 0 Å². The van der Waals surface area contributed by atoms with E-state index in [-0.39, 0.29) is 11.8 Å². The van der Waals surface area contributed by atoms with E-state index in [0.29, 0.717) is 6.42 Å². The Morgan fingerprint density at radius 2 is 2.44 bits per heavy atom. The lowest BCUT2D eigenvalue weighted by Gasteiger charge is -2.13. The molecule has 1 atom stereocenters. The highest BCUT2D eigenvalue weighted by Gasteiger charge is 2.20. The van der Waals surface area contributed by atoms with Crippen molar-refractivity contribution in [1.82, 2.24) is 15.1 Å². The number of carbonyl (C=O) groups excluding carboxylic acids is 1. The van der Waals surface area contributed by atoms with Crippen LogP contribution < -0.4 is 5.32 Å². The van der Waals surface area contributed by atoms with Crippen molar-refractivity contribution in [3.63, 3.8) is 0 Å². The summed E-state index contributed by atoms with van der Waals surface area (Å²) in [6, 6.07) is 1.96. The van der Waals surface area contributed by atoms with Gasteiger partial charge in [0.25, 0.3) is 0 Å². The zero-order chi connectivity index (χ0) is 11.4. The van der Waals surface area contributed by atoms with Crippen LogP contribution in [0.15, 0.2) is 12.3 Å². The lowest BCUT2D eigenvalue weighted by molar-refractivity contribution is -0.120. The number of nitrogens with one attached hydrogen (secondary N) is 1. The number of Topliss-reactive ketones (excluding diaryl/α,β-unsaturated/α-hetero) is 1. The second-order valence-corrected chi connectivity index (χ2v) is 4.48. The molecule has 1 saturated heterocycles. The molecule has 1 aromatic rings. The highest BCUT2D eigenvalue weighted by Crippen LogP contribution is 2.10. The van der Waals surface area contributed by atoms with E-state index in [0.717, 1.165) is 25.1 Å². The van der Waals surface area contributed by atoms with Gasteiger partial charge in [-0.05, 0) is 25.5 Å². The summed E-state index contributed by atoms with van der Waals surface area (Å²) in [7, 11) is 1.87. The van der Waals surface area contributed by atoms with Crippen molar-refractivity contribution in [2.24, 2.45) is 7.05 Å². The Morgan fingerprint density at radius 3 is 3.19 bits per heavy atom. The molecule has 2 heterocycles. The van der Waals surface area contributed by atoms with Crippen molar-refractivity contribution in [2.45, 2.75) is 38.1 Å². The van der Waals surface area contributed by atoms with Gasteiger partial charge in [0.1, 0.15) is 0 Å². The maximum absolute atomic E-state index is 12.0. The minimum absolute atomic E-state index is 0.0458. The molecular formula is C12H19N3O. The Balaban J connectivity index is 1.91. The molecule has 1 fully saturated rings. The van der Waals surface area contributed by atoms with Crippen molar-refractivity contribution < 1.29 is 4.79 Å². The lowest BCUT2D eigenvalue weighted by Crippen LogP contribution is -2.37. The van der Waals surface area contributed by atoms with Gasteiger partial charge in [-0.25, -0.2) is 0 Å². The smallest absolute Gasteiger partial charge is 0.155 e. The van der Waals surface area contributed by atoms with Crippen molar-refractivity contribution in [2.75, 3.05) is 6.54 Å². The average molecular weight is 221 g/mol. The van der Waals surface area contributed by atoms with Crippen LogP contribution in [0.5, 0.6) is 0 Å².